The van der Waals surface area contributed by atoms with Crippen molar-refractivity contribution in [1.29, 1.82) is 0 Å². The zero-order valence-corrected chi connectivity index (χ0v) is 7.80. The van der Waals surface area contributed by atoms with Gasteiger partial charge in [0.05, 0.1) is 5.02 Å². The Morgan fingerprint density at radius 1 is 1.50 bits per heavy atom. The SMILES string of the molecule is O=Cc1ccc(Cl)c(OCC(F)F)c1. The first-order chi connectivity index (χ1) is 6.63. The van der Waals surface area contributed by atoms with Gasteiger partial charge in [0.1, 0.15) is 18.6 Å². The average molecular weight is 221 g/mol. The Balaban J connectivity index is 2.78. The molecule has 14 heavy (non-hydrogen) atoms. The molecule has 0 N–H and O–H groups in total. The van der Waals surface area contributed by atoms with Crippen molar-refractivity contribution < 1.29 is 18.3 Å². The van der Waals surface area contributed by atoms with Gasteiger partial charge in [-0.2, -0.15) is 0 Å². The van der Waals surface area contributed by atoms with E-state index in [9.17, 15) is 13.6 Å². The molecule has 0 spiro atoms. The third kappa shape index (κ3) is 2.96. The van der Waals surface area contributed by atoms with Gasteiger partial charge in [-0.05, 0) is 18.2 Å². The number of hydrogen-bond donors (Lipinski definition) is 0. The van der Waals surface area contributed by atoms with Crippen molar-refractivity contribution >= 4 is 17.9 Å². The predicted molar refractivity (Wildman–Crippen MR) is 48.3 cm³/mol. The number of carbonyl (C=O) groups excluding carboxylic acids is 1. The van der Waals surface area contributed by atoms with Gasteiger partial charge in [0.25, 0.3) is 6.43 Å². The van der Waals surface area contributed by atoms with Crippen LogP contribution in [-0.2, 0) is 0 Å². The van der Waals surface area contributed by atoms with E-state index in [1.807, 2.05) is 0 Å². The second-order valence-corrected chi connectivity index (χ2v) is 2.92. The molecule has 0 saturated heterocycles. The number of ether oxygens (including phenoxy) is 1. The Labute approximate surface area is 84.4 Å². The Morgan fingerprint density at radius 3 is 2.79 bits per heavy atom. The third-order valence-electron chi connectivity index (χ3n) is 1.46. The van der Waals surface area contributed by atoms with E-state index in [1.165, 1.54) is 18.2 Å². The van der Waals surface area contributed by atoms with Gasteiger partial charge < -0.3 is 4.74 Å². The summed E-state index contributed by atoms with van der Waals surface area (Å²) in [5.41, 5.74) is 0.332. The first kappa shape index (κ1) is 10.9. The summed E-state index contributed by atoms with van der Waals surface area (Å²) in [4.78, 5) is 10.4. The average Bonchev–Trinajstić information content (AvgIpc) is 2.16. The maximum absolute atomic E-state index is 11.8. The molecule has 0 aromatic heterocycles. The predicted octanol–water partition coefficient (Wildman–Crippen LogP) is 2.80. The van der Waals surface area contributed by atoms with Crippen LogP contribution in [-0.4, -0.2) is 19.3 Å². The van der Waals surface area contributed by atoms with Gasteiger partial charge in [-0.25, -0.2) is 8.78 Å². The van der Waals surface area contributed by atoms with Crippen molar-refractivity contribution in [3.8, 4) is 5.75 Å². The summed E-state index contributed by atoms with van der Waals surface area (Å²) in [6.07, 6.45) is -1.98. The second kappa shape index (κ2) is 4.91. The quantitative estimate of drug-likeness (QED) is 0.730. The molecular formula is C9H7ClF2O2. The number of hydrogen-bond acceptors (Lipinski definition) is 2. The van der Waals surface area contributed by atoms with Crippen molar-refractivity contribution in [2.75, 3.05) is 6.61 Å². The molecule has 5 heteroatoms. The third-order valence-corrected chi connectivity index (χ3v) is 1.77. The molecule has 76 valence electrons. The van der Waals surface area contributed by atoms with E-state index in [-0.39, 0.29) is 10.8 Å². The molecular weight excluding hydrogens is 214 g/mol. The lowest BCUT2D eigenvalue weighted by molar-refractivity contribution is 0.0819. The highest BCUT2D eigenvalue weighted by Gasteiger charge is 2.07. The lowest BCUT2D eigenvalue weighted by atomic mass is 10.2. The molecule has 0 aliphatic carbocycles. The fourth-order valence-electron chi connectivity index (χ4n) is 0.857. The largest absolute Gasteiger partial charge is 0.486 e. The summed E-state index contributed by atoms with van der Waals surface area (Å²) < 4.78 is 28.3. The smallest absolute Gasteiger partial charge is 0.272 e. The zero-order chi connectivity index (χ0) is 10.6. The molecule has 0 atom stereocenters. The Bertz CT molecular complexity index is 329. The van der Waals surface area contributed by atoms with Crippen LogP contribution in [0, 0.1) is 0 Å². The highest BCUT2D eigenvalue weighted by Crippen LogP contribution is 2.25. The number of carbonyl (C=O) groups is 1. The number of halogens is 3. The van der Waals surface area contributed by atoms with E-state index in [1.54, 1.807) is 0 Å². The first-order valence-corrected chi connectivity index (χ1v) is 4.17. The van der Waals surface area contributed by atoms with Crippen LogP contribution >= 0.6 is 11.6 Å². The number of alkyl halides is 2. The van der Waals surface area contributed by atoms with Crippen molar-refractivity contribution in [3.05, 3.63) is 28.8 Å². The molecule has 0 aliphatic heterocycles. The summed E-state index contributed by atoms with van der Waals surface area (Å²) in [5, 5.41) is 0.205. The van der Waals surface area contributed by atoms with Crippen LogP contribution in [0.4, 0.5) is 8.78 Å². The van der Waals surface area contributed by atoms with Crippen LogP contribution in [0.1, 0.15) is 10.4 Å². The monoisotopic (exact) mass is 220 g/mol. The van der Waals surface area contributed by atoms with E-state index >= 15 is 0 Å². The molecule has 0 aliphatic rings. The zero-order valence-electron chi connectivity index (χ0n) is 7.04. The number of aldehydes is 1. The minimum Gasteiger partial charge on any atom is -0.486 e. The van der Waals surface area contributed by atoms with E-state index in [0.29, 0.717) is 11.8 Å². The van der Waals surface area contributed by atoms with Gasteiger partial charge in [-0.15, -0.1) is 0 Å². The molecule has 0 heterocycles. The molecule has 0 fully saturated rings. The van der Waals surface area contributed by atoms with Crippen LogP contribution in [0.15, 0.2) is 18.2 Å². The second-order valence-electron chi connectivity index (χ2n) is 2.51. The number of benzene rings is 1. The van der Waals surface area contributed by atoms with Crippen LogP contribution in [0.25, 0.3) is 0 Å². The Kier molecular flexibility index (Phi) is 3.83. The van der Waals surface area contributed by atoms with Crippen molar-refractivity contribution in [3.63, 3.8) is 0 Å². The van der Waals surface area contributed by atoms with E-state index in [0.717, 1.165) is 0 Å². The first-order valence-electron chi connectivity index (χ1n) is 3.79. The Hall–Kier alpha value is -1.16. The lowest BCUT2D eigenvalue weighted by Gasteiger charge is -2.07. The van der Waals surface area contributed by atoms with Crippen LogP contribution in [0.2, 0.25) is 5.02 Å². The molecule has 0 saturated carbocycles. The van der Waals surface area contributed by atoms with Gasteiger partial charge >= 0.3 is 0 Å². The minimum absolute atomic E-state index is 0.0940. The normalized spacial score (nSPS) is 10.3. The van der Waals surface area contributed by atoms with Gasteiger partial charge in [-0.3, -0.25) is 4.79 Å². The molecule has 0 radical (unpaired) electrons. The lowest BCUT2D eigenvalue weighted by Crippen LogP contribution is -2.07. The van der Waals surface area contributed by atoms with Crippen LogP contribution < -0.4 is 4.74 Å². The van der Waals surface area contributed by atoms with Gasteiger partial charge in [0, 0.05) is 5.56 Å². The fraction of sp³-hybridized carbons (Fsp3) is 0.222. The van der Waals surface area contributed by atoms with Crippen LogP contribution in [0.3, 0.4) is 0 Å². The van der Waals surface area contributed by atoms with Gasteiger partial charge in [0.15, 0.2) is 0 Å². The molecule has 0 amide bonds. The molecule has 1 rings (SSSR count). The molecule has 0 unspecified atom stereocenters. The van der Waals surface area contributed by atoms with Crippen molar-refractivity contribution in [1.82, 2.24) is 0 Å². The molecule has 2 nitrogen and oxygen atoms in total. The minimum atomic E-state index is -2.56. The van der Waals surface area contributed by atoms with Crippen LogP contribution in [0.5, 0.6) is 5.75 Å². The van der Waals surface area contributed by atoms with Gasteiger partial charge in [0.2, 0.25) is 0 Å². The van der Waals surface area contributed by atoms with Gasteiger partial charge in [-0.1, -0.05) is 11.6 Å². The van der Waals surface area contributed by atoms with Crippen molar-refractivity contribution in [2.24, 2.45) is 0 Å². The summed E-state index contributed by atoms with van der Waals surface area (Å²) >= 11 is 5.65. The molecule has 1 aromatic rings. The fourth-order valence-corrected chi connectivity index (χ4v) is 1.03. The van der Waals surface area contributed by atoms with Crippen molar-refractivity contribution in [2.45, 2.75) is 6.43 Å². The highest BCUT2D eigenvalue weighted by atomic mass is 35.5. The molecule has 1 aromatic carbocycles. The summed E-state index contributed by atoms with van der Waals surface area (Å²) in [6, 6.07) is 4.22. The topological polar surface area (TPSA) is 26.3 Å². The summed E-state index contributed by atoms with van der Waals surface area (Å²) in [6.45, 7) is -0.734. The number of rotatable bonds is 4. The summed E-state index contributed by atoms with van der Waals surface area (Å²) in [5.74, 6) is 0.0940. The standard InChI is InChI=1S/C9H7ClF2O2/c10-7-2-1-6(4-13)3-8(7)14-5-9(11)12/h1-4,9H,5H2. The highest BCUT2D eigenvalue weighted by molar-refractivity contribution is 6.32. The van der Waals surface area contributed by atoms with E-state index in [4.69, 9.17) is 16.3 Å². The maximum Gasteiger partial charge on any atom is 0.272 e. The molecule has 0 bridgehead atoms. The summed E-state index contributed by atoms with van der Waals surface area (Å²) in [7, 11) is 0. The Morgan fingerprint density at radius 2 is 2.21 bits per heavy atom. The maximum atomic E-state index is 11.8. The van der Waals surface area contributed by atoms with E-state index < -0.39 is 13.0 Å². The van der Waals surface area contributed by atoms with E-state index in [2.05, 4.69) is 0 Å².